The average Bonchev–Trinajstić information content (AvgIpc) is 3.14. The molecular formula is C23H28N2O4. The summed E-state index contributed by atoms with van der Waals surface area (Å²) in [5, 5.41) is 9.77. The van der Waals surface area contributed by atoms with E-state index in [2.05, 4.69) is 4.90 Å². The monoisotopic (exact) mass is 396 g/mol. The molecule has 1 aromatic heterocycles. The van der Waals surface area contributed by atoms with Crippen LogP contribution in [0, 0.1) is 5.41 Å². The van der Waals surface area contributed by atoms with E-state index in [1.165, 1.54) is 0 Å². The van der Waals surface area contributed by atoms with Crippen molar-refractivity contribution in [2.24, 2.45) is 5.41 Å². The molecule has 154 valence electrons. The number of pyridine rings is 1. The van der Waals surface area contributed by atoms with E-state index in [9.17, 15) is 9.90 Å². The number of aromatic carboxylic acids is 1. The van der Waals surface area contributed by atoms with Crippen LogP contribution in [0.2, 0.25) is 0 Å². The Kier molecular flexibility index (Phi) is 5.46. The molecule has 2 aliphatic rings. The molecule has 29 heavy (non-hydrogen) atoms. The van der Waals surface area contributed by atoms with Crippen molar-refractivity contribution >= 4 is 11.8 Å². The molecule has 1 aliphatic carbocycles. The van der Waals surface area contributed by atoms with Gasteiger partial charge in [-0.1, -0.05) is 6.42 Å². The zero-order valence-corrected chi connectivity index (χ0v) is 17.1. The summed E-state index contributed by atoms with van der Waals surface area (Å²) in [6, 6.07) is 11.1. The average molecular weight is 396 g/mol. The summed E-state index contributed by atoms with van der Waals surface area (Å²) in [5.74, 6) is 0.399. The summed E-state index contributed by atoms with van der Waals surface area (Å²) in [6.45, 7) is 1.61. The van der Waals surface area contributed by atoms with Gasteiger partial charge >= 0.3 is 5.97 Å². The van der Waals surface area contributed by atoms with Gasteiger partial charge in [0.15, 0.2) is 0 Å². The van der Waals surface area contributed by atoms with Crippen LogP contribution in [-0.4, -0.2) is 49.5 Å². The first-order valence-corrected chi connectivity index (χ1v) is 10.2. The second-order valence-electron chi connectivity index (χ2n) is 8.11. The summed E-state index contributed by atoms with van der Waals surface area (Å²) in [7, 11) is 3.43. The fourth-order valence-electron chi connectivity index (χ4n) is 5.06. The fraction of sp³-hybridized carbons (Fsp3) is 0.478. The van der Waals surface area contributed by atoms with Gasteiger partial charge in [0.25, 0.3) is 0 Å². The minimum absolute atomic E-state index is 0.0978. The molecule has 4 rings (SSSR count). The van der Waals surface area contributed by atoms with E-state index in [0.29, 0.717) is 5.82 Å². The lowest BCUT2D eigenvalue weighted by atomic mass is 9.76. The van der Waals surface area contributed by atoms with Crippen molar-refractivity contribution in [2.75, 3.05) is 32.2 Å². The number of carboxylic acids is 1. The summed E-state index contributed by atoms with van der Waals surface area (Å²) >= 11 is 0. The van der Waals surface area contributed by atoms with Crippen LogP contribution < -0.4 is 9.64 Å². The third-order valence-electron chi connectivity index (χ3n) is 6.51. The zero-order chi connectivity index (χ0) is 20.4. The van der Waals surface area contributed by atoms with Gasteiger partial charge in [-0.05, 0) is 62.1 Å². The van der Waals surface area contributed by atoms with E-state index >= 15 is 0 Å². The quantitative estimate of drug-likeness (QED) is 0.815. The van der Waals surface area contributed by atoms with Gasteiger partial charge in [0, 0.05) is 31.2 Å². The van der Waals surface area contributed by atoms with Gasteiger partial charge in [-0.25, -0.2) is 9.78 Å². The Morgan fingerprint density at radius 2 is 1.90 bits per heavy atom. The summed E-state index contributed by atoms with van der Waals surface area (Å²) in [6.07, 6.45) is 5.76. The molecule has 6 nitrogen and oxygen atoms in total. The molecule has 1 N–H and O–H groups in total. The van der Waals surface area contributed by atoms with Crippen LogP contribution >= 0.6 is 0 Å². The number of aromatic nitrogens is 1. The lowest BCUT2D eigenvalue weighted by molar-refractivity contribution is 0.00213. The topological polar surface area (TPSA) is 71.9 Å². The van der Waals surface area contributed by atoms with E-state index in [4.69, 9.17) is 14.5 Å². The molecule has 2 fully saturated rings. The van der Waals surface area contributed by atoms with E-state index in [-0.39, 0.29) is 17.1 Å². The van der Waals surface area contributed by atoms with Crippen molar-refractivity contribution in [2.45, 2.75) is 38.2 Å². The number of hydrogen-bond acceptors (Lipinski definition) is 5. The van der Waals surface area contributed by atoms with Crippen molar-refractivity contribution in [3.63, 3.8) is 0 Å². The molecule has 6 heteroatoms. The van der Waals surface area contributed by atoms with Crippen LogP contribution in [0.5, 0.6) is 5.75 Å². The Hall–Kier alpha value is -2.60. The van der Waals surface area contributed by atoms with Crippen molar-refractivity contribution in [1.29, 1.82) is 0 Å². The SMILES string of the molecule is COc1ccc(-c2ccc(C(=O)O)c(N3CCC[C@]4(CCC[C@H]4OC)C3)n2)cc1. The summed E-state index contributed by atoms with van der Waals surface area (Å²) < 4.78 is 11.0. The van der Waals surface area contributed by atoms with Crippen molar-refractivity contribution in [3.8, 4) is 17.0 Å². The van der Waals surface area contributed by atoms with Crippen molar-refractivity contribution in [3.05, 3.63) is 42.0 Å². The fourth-order valence-corrected chi connectivity index (χ4v) is 5.06. The minimum atomic E-state index is -0.942. The number of ether oxygens (including phenoxy) is 2. The highest BCUT2D eigenvalue weighted by molar-refractivity contribution is 5.94. The number of hydrogen-bond donors (Lipinski definition) is 1. The molecule has 0 bridgehead atoms. The maximum absolute atomic E-state index is 11.9. The first-order valence-electron chi connectivity index (χ1n) is 10.2. The number of nitrogens with zero attached hydrogens (tertiary/aromatic N) is 2. The molecule has 2 atom stereocenters. The largest absolute Gasteiger partial charge is 0.497 e. The molecule has 1 saturated heterocycles. The molecule has 1 saturated carbocycles. The maximum Gasteiger partial charge on any atom is 0.339 e. The molecule has 1 aromatic carbocycles. The molecule has 1 aliphatic heterocycles. The van der Waals surface area contributed by atoms with E-state index < -0.39 is 5.97 Å². The standard InChI is InChI=1S/C23H28N2O4/c1-28-17-8-6-16(7-9-17)19-11-10-18(22(26)27)21(24-19)25-14-4-13-23(15-25)12-3-5-20(23)29-2/h6-11,20H,3-5,12-15H2,1-2H3,(H,26,27)/t20-,23-/m1/s1. The second kappa shape index (κ2) is 8.03. The number of carboxylic acid groups (broad SMARTS) is 1. The van der Waals surface area contributed by atoms with Crippen LogP contribution in [0.15, 0.2) is 36.4 Å². The number of carbonyl (C=O) groups is 1. The van der Waals surface area contributed by atoms with Crippen LogP contribution in [-0.2, 0) is 4.74 Å². The molecule has 0 unspecified atom stereocenters. The third-order valence-corrected chi connectivity index (χ3v) is 6.51. The van der Waals surface area contributed by atoms with Gasteiger partial charge in [0.05, 0.1) is 18.9 Å². The Balaban J connectivity index is 1.70. The van der Waals surface area contributed by atoms with Crippen LogP contribution in [0.3, 0.4) is 0 Å². The first kappa shape index (κ1) is 19.7. The van der Waals surface area contributed by atoms with Gasteiger partial charge in [-0.3, -0.25) is 0 Å². The number of benzene rings is 1. The lowest BCUT2D eigenvalue weighted by Gasteiger charge is -2.44. The number of piperidine rings is 1. The van der Waals surface area contributed by atoms with Crippen LogP contribution in [0.1, 0.15) is 42.5 Å². The highest BCUT2D eigenvalue weighted by Crippen LogP contribution is 2.47. The van der Waals surface area contributed by atoms with Gasteiger partial charge in [0.2, 0.25) is 0 Å². The van der Waals surface area contributed by atoms with E-state index in [1.807, 2.05) is 24.3 Å². The zero-order valence-electron chi connectivity index (χ0n) is 17.1. The first-order chi connectivity index (χ1) is 14.1. The summed E-state index contributed by atoms with van der Waals surface area (Å²) in [5.41, 5.74) is 2.06. The van der Waals surface area contributed by atoms with E-state index in [1.54, 1.807) is 26.4 Å². The normalized spacial score (nSPS) is 24.1. The second-order valence-corrected chi connectivity index (χ2v) is 8.11. The van der Waals surface area contributed by atoms with Crippen LogP contribution in [0.25, 0.3) is 11.3 Å². The highest BCUT2D eigenvalue weighted by atomic mass is 16.5. The third kappa shape index (κ3) is 3.69. The maximum atomic E-state index is 11.9. The van der Waals surface area contributed by atoms with Gasteiger partial charge in [-0.15, -0.1) is 0 Å². The lowest BCUT2D eigenvalue weighted by Crippen LogP contribution is -2.48. The van der Waals surface area contributed by atoms with Crippen LogP contribution in [0.4, 0.5) is 5.82 Å². The molecule has 2 aromatic rings. The minimum Gasteiger partial charge on any atom is -0.497 e. The summed E-state index contributed by atoms with van der Waals surface area (Å²) in [4.78, 5) is 18.9. The Bertz CT molecular complexity index is 883. The molecule has 1 spiro atoms. The Morgan fingerprint density at radius 3 is 2.59 bits per heavy atom. The number of methoxy groups -OCH3 is 2. The van der Waals surface area contributed by atoms with Gasteiger partial charge in [-0.2, -0.15) is 0 Å². The smallest absolute Gasteiger partial charge is 0.339 e. The molecule has 2 heterocycles. The molecule has 0 radical (unpaired) electrons. The van der Waals surface area contributed by atoms with E-state index in [0.717, 1.165) is 62.2 Å². The van der Waals surface area contributed by atoms with Crippen molar-refractivity contribution < 1.29 is 19.4 Å². The predicted molar refractivity (Wildman–Crippen MR) is 112 cm³/mol. The van der Waals surface area contributed by atoms with Gasteiger partial charge < -0.3 is 19.5 Å². The molecule has 0 amide bonds. The van der Waals surface area contributed by atoms with Crippen molar-refractivity contribution in [1.82, 2.24) is 4.98 Å². The predicted octanol–water partition coefficient (Wildman–Crippen LogP) is 4.24. The van der Waals surface area contributed by atoms with Gasteiger partial charge in [0.1, 0.15) is 17.1 Å². The Morgan fingerprint density at radius 1 is 1.14 bits per heavy atom. The number of rotatable bonds is 5. The molecular weight excluding hydrogens is 368 g/mol. The number of anilines is 1. The highest BCUT2D eigenvalue weighted by Gasteiger charge is 2.46. The Labute approximate surface area is 171 Å².